The number of hydrogen-bond donors (Lipinski definition) is 0. The highest BCUT2D eigenvalue weighted by atomic mass is 16.3. The maximum atomic E-state index is 6.62. The van der Waals surface area contributed by atoms with Crippen LogP contribution < -0.4 is 0 Å². The van der Waals surface area contributed by atoms with Gasteiger partial charge in [-0.3, -0.25) is 0 Å². The Morgan fingerprint density at radius 2 is 0.745 bits per heavy atom. The molecule has 0 N–H and O–H groups in total. The van der Waals surface area contributed by atoms with E-state index in [0.29, 0.717) is 23.1 Å². The van der Waals surface area contributed by atoms with Gasteiger partial charge in [0.1, 0.15) is 33.5 Å². The van der Waals surface area contributed by atoms with Crippen molar-refractivity contribution < 1.29 is 13.3 Å². The summed E-state index contributed by atoms with van der Waals surface area (Å²) in [7, 11) is 0. The lowest BCUT2D eigenvalue weighted by Crippen LogP contribution is -2.00. The quantitative estimate of drug-likeness (QED) is 0.188. The highest BCUT2D eigenvalue weighted by molar-refractivity contribution is 6.13. The van der Waals surface area contributed by atoms with E-state index in [1.165, 1.54) is 0 Å². The molecule has 11 aromatic rings. The van der Waals surface area contributed by atoms with Gasteiger partial charge in [0.2, 0.25) is 0 Å². The Morgan fingerprint density at radius 1 is 0.294 bits per heavy atom. The van der Waals surface area contributed by atoms with Crippen molar-refractivity contribution in [2.75, 3.05) is 0 Å². The van der Waals surface area contributed by atoms with Crippen LogP contribution in [0.1, 0.15) is 0 Å². The molecule has 6 nitrogen and oxygen atoms in total. The van der Waals surface area contributed by atoms with Gasteiger partial charge in [0.25, 0.3) is 0 Å². The van der Waals surface area contributed by atoms with Gasteiger partial charge < -0.3 is 13.3 Å². The van der Waals surface area contributed by atoms with Crippen molar-refractivity contribution in [2.45, 2.75) is 0 Å². The summed E-state index contributed by atoms with van der Waals surface area (Å²) in [5.41, 5.74) is 9.35. The zero-order valence-electron chi connectivity index (χ0n) is 27.0. The predicted octanol–water partition coefficient (Wildman–Crippen LogP) is 12.2. The molecule has 0 saturated carbocycles. The minimum atomic E-state index is 0.517. The molecule has 0 bridgehead atoms. The lowest BCUT2D eigenvalue weighted by atomic mass is 10.00. The van der Waals surface area contributed by atoms with Gasteiger partial charge >= 0.3 is 0 Å². The molecule has 0 atom stereocenters. The van der Waals surface area contributed by atoms with Crippen molar-refractivity contribution in [3.63, 3.8) is 0 Å². The van der Waals surface area contributed by atoms with Crippen LogP contribution in [0, 0.1) is 0 Å². The summed E-state index contributed by atoms with van der Waals surface area (Å²) >= 11 is 0. The minimum Gasteiger partial charge on any atom is -0.455 e. The maximum Gasteiger partial charge on any atom is 0.167 e. The van der Waals surface area contributed by atoms with Crippen LogP contribution >= 0.6 is 0 Å². The number of fused-ring (bicyclic) bond motifs is 9. The Kier molecular flexibility index (Phi) is 5.86. The Bertz CT molecular complexity index is 3150. The Hall–Kier alpha value is -7.05. The van der Waals surface area contributed by atoms with Crippen LogP contribution in [0.3, 0.4) is 0 Å². The molecule has 7 aromatic carbocycles. The third-order valence-corrected chi connectivity index (χ3v) is 9.77. The van der Waals surface area contributed by atoms with E-state index >= 15 is 0 Å². The van der Waals surface area contributed by atoms with Crippen molar-refractivity contribution in [3.05, 3.63) is 152 Å². The van der Waals surface area contributed by atoms with Crippen LogP contribution in [0.5, 0.6) is 0 Å². The first kappa shape index (κ1) is 27.9. The van der Waals surface area contributed by atoms with Gasteiger partial charge in [0.05, 0.1) is 11.1 Å². The second kappa shape index (κ2) is 10.7. The summed E-state index contributed by atoms with van der Waals surface area (Å²) in [5.74, 6) is 1.61. The van der Waals surface area contributed by atoms with Crippen LogP contribution in [0.15, 0.2) is 165 Å². The van der Waals surface area contributed by atoms with E-state index in [0.717, 1.165) is 88.0 Å². The molecule has 0 aliphatic heterocycles. The molecular formula is C45H25N3O3. The number of furan rings is 3. The van der Waals surface area contributed by atoms with Crippen LogP contribution in [0.4, 0.5) is 0 Å². The third kappa shape index (κ3) is 4.26. The largest absolute Gasteiger partial charge is 0.455 e. The third-order valence-electron chi connectivity index (χ3n) is 9.77. The molecule has 0 radical (unpaired) electrons. The maximum absolute atomic E-state index is 6.62. The summed E-state index contributed by atoms with van der Waals surface area (Å²) in [6, 6.07) is 51.1. The molecule has 238 valence electrons. The molecule has 51 heavy (non-hydrogen) atoms. The van der Waals surface area contributed by atoms with E-state index in [1.54, 1.807) is 0 Å². The number of aromatic nitrogens is 3. The predicted molar refractivity (Wildman–Crippen MR) is 203 cm³/mol. The number of benzene rings is 7. The first-order chi connectivity index (χ1) is 25.3. The molecule has 11 rings (SSSR count). The molecule has 0 aliphatic carbocycles. The molecule has 0 fully saturated rings. The summed E-state index contributed by atoms with van der Waals surface area (Å²) in [4.78, 5) is 15.1. The molecule has 0 unspecified atom stereocenters. The zero-order valence-corrected chi connectivity index (χ0v) is 27.0. The fourth-order valence-corrected chi connectivity index (χ4v) is 7.37. The van der Waals surface area contributed by atoms with E-state index in [-0.39, 0.29) is 0 Å². The van der Waals surface area contributed by atoms with E-state index < -0.39 is 0 Å². The SMILES string of the molecule is c1ccc(-c2nc(-c3cccc4c3oc3ccccc34)nc(-c3cccc4c3oc3ccc(-c5cccc6c5oc5ccccc56)cc34)n2)cc1. The number of nitrogens with zero attached hydrogens (tertiary/aromatic N) is 3. The van der Waals surface area contributed by atoms with E-state index in [2.05, 4.69) is 54.6 Å². The Balaban J connectivity index is 1.11. The Labute approximate surface area is 290 Å². The fraction of sp³-hybridized carbons (Fsp3) is 0. The Morgan fingerprint density at radius 3 is 1.35 bits per heavy atom. The zero-order chi connectivity index (χ0) is 33.5. The molecule has 4 heterocycles. The van der Waals surface area contributed by atoms with Gasteiger partial charge in [0, 0.05) is 43.4 Å². The van der Waals surface area contributed by atoms with Crippen LogP contribution in [0.2, 0.25) is 0 Å². The fourth-order valence-electron chi connectivity index (χ4n) is 7.37. The average Bonchev–Trinajstić information content (AvgIpc) is 3.89. The number of rotatable bonds is 4. The normalized spacial score (nSPS) is 11.9. The van der Waals surface area contributed by atoms with E-state index in [9.17, 15) is 0 Å². The van der Waals surface area contributed by atoms with Gasteiger partial charge in [-0.05, 0) is 42.0 Å². The monoisotopic (exact) mass is 655 g/mol. The van der Waals surface area contributed by atoms with Crippen molar-refractivity contribution in [2.24, 2.45) is 0 Å². The lowest BCUT2D eigenvalue weighted by Gasteiger charge is -2.09. The standard InChI is InChI=1S/C45H25N3O3/c1-2-11-26(12-3-1)43-46-44(34-19-9-17-32-30-14-5-7-22-38(30)50-41(32)34)48-45(47-43)35-20-10-18-33-36-25-27(23-24-39(36)51-42(33)35)28-15-8-16-31-29-13-4-6-21-37(29)49-40(28)31/h1-25H. The van der Waals surface area contributed by atoms with Crippen LogP contribution in [-0.4, -0.2) is 15.0 Å². The first-order valence-corrected chi connectivity index (χ1v) is 16.9. The summed E-state index contributed by atoms with van der Waals surface area (Å²) < 4.78 is 19.4. The highest BCUT2D eigenvalue weighted by Gasteiger charge is 2.21. The minimum absolute atomic E-state index is 0.517. The van der Waals surface area contributed by atoms with Gasteiger partial charge in [-0.1, -0.05) is 115 Å². The van der Waals surface area contributed by atoms with Crippen molar-refractivity contribution >= 4 is 65.8 Å². The second-order valence-corrected chi connectivity index (χ2v) is 12.7. The highest BCUT2D eigenvalue weighted by Crippen LogP contribution is 2.41. The smallest absolute Gasteiger partial charge is 0.167 e. The second-order valence-electron chi connectivity index (χ2n) is 12.7. The van der Waals surface area contributed by atoms with Gasteiger partial charge in [-0.15, -0.1) is 0 Å². The molecular weight excluding hydrogens is 631 g/mol. The van der Waals surface area contributed by atoms with Crippen molar-refractivity contribution in [1.29, 1.82) is 0 Å². The molecule has 4 aromatic heterocycles. The number of hydrogen-bond acceptors (Lipinski definition) is 6. The van der Waals surface area contributed by atoms with Crippen LogP contribution in [0.25, 0.3) is 111 Å². The van der Waals surface area contributed by atoms with E-state index in [1.807, 2.05) is 97.1 Å². The topological polar surface area (TPSA) is 78.1 Å². The summed E-state index contributed by atoms with van der Waals surface area (Å²) in [6.45, 7) is 0. The summed E-state index contributed by atoms with van der Waals surface area (Å²) in [5, 5.41) is 6.25. The van der Waals surface area contributed by atoms with Crippen molar-refractivity contribution in [1.82, 2.24) is 15.0 Å². The molecule has 0 aliphatic rings. The summed E-state index contributed by atoms with van der Waals surface area (Å²) in [6.07, 6.45) is 0. The van der Waals surface area contributed by atoms with Crippen molar-refractivity contribution in [3.8, 4) is 45.3 Å². The lowest BCUT2D eigenvalue weighted by molar-refractivity contribution is 0.668. The molecule has 0 spiro atoms. The van der Waals surface area contributed by atoms with Gasteiger partial charge in [-0.2, -0.15) is 0 Å². The molecule has 0 saturated heterocycles. The first-order valence-electron chi connectivity index (χ1n) is 16.9. The van der Waals surface area contributed by atoms with Crippen LogP contribution in [-0.2, 0) is 0 Å². The number of para-hydroxylation sites is 5. The van der Waals surface area contributed by atoms with Gasteiger partial charge in [0.15, 0.2) is 17.5 Å². The molecule has 6 heteroatoms. The van der Waals surface area contributed by atoms with Gasteiger partial charge in [-0.25, -0.2) is 15.0 Å². The average molecular weight is 656 g/mol. The van der Waals surface area contributed by atoms with E-state index in [4.69, 9.17) is 28.2 Å². The molecule has 0 amide bonds.